The summed E-state index contributed by atoms with van der Waals surface area (Å²) in [5.41, 5.74) is 0.293. The van der Waals surface area contributed by atoms with E-state index in [1.54, 1.807) is 24.3 Å². The van der Waals surface area contributed by atoms with Crippen LogP contribution in [0.25, 0.3) is 0 Å². The van der Waals surface area contributed by atoms with Gasteiger partial charge in [-0.1, -0.05) is 0 Å². The molecule has 1 aromatic rings. The second-order valence-electron chi connectivity index (χ2n) is 5.71. The van der Waals surface area contributed by atoms with Crippen molar-refractivity contribution in [1.29, 1.82) is 0 Å². The maximum Gasteiger partial charge on any atom is 0.416 e. The normalized spacial score (nSPS) is 19.6. The van der Waals surface area contributed by atoms with Gasteiger partial charge in [-0.05, 0) is 37.1 Å². The highest BCUT2D eigenvalue weighted by atomic mass is 16.6. The first-order valence-corrected chi connectivity index (χ1v) is 8.12. The maximum atomic E-state index is 12.0. The van der Waals surface area contributed by atoms with Crippen LogP contribution in [-0.4, -0.2) is 61.9 Å². The van der Waals surface area contributed by atoms with Crippen LogP contribution >= 0.6 is 0 Å². The van der Waals surface area contributed by atoms with Gasteiger partial charge in [0.15, 0.2) is 6.61 Å². The lowest BCUT2D eigenvalue weighted by Crippen LogP contribution is -2.35. The molecule has 8 heteroatoms. The Hall–Kier alpha value is -2.61. The first kappa shape index (κ1) is 17.2. The van der Waals surface area contributed by atoms with Crippen LogP contribution in [-0.2, 0) is 19.0 Å². The number of carbonyl (C=O) groups excluding carboxylic acids is 3. The third kappa shape index (κ3) is 4.48. The third-order valence-corrected chi connectivity index (χ3v) is 3.94. The number of amides is 2. The number of hydrogen-bond donors (Lipinski definition) is 0. The van der Waals surface area contributed by atoms with Gasteiger partial charge >= 0.3 is 12.1 Å². The molecule has 0 spiro atoms. The van der Waals surface area contributed by atoms with Crippen LogP contribution in [0.2, 0.25) is 0 Å². The lowest BCUT2D eigenvalue weighted by molar-refractivity contribution is -0.131. The number of carbonyl (C=O) groups is 3. The van der Waals surface area contributed by atoms with E-state index in [-0.39, 0.29) is 19.3 Å². The molecule has 25 heavy (non-hydrogen) atoms. The molecule has 2 aliphatic rings. The van der Waals surface area contributed by atoms with Gasteiger partial charge in [0.2, 0.25) is 0 Å². The molecular weight excluding hydrogens is 330 g/mol. The zero-order chi connectivity index (χ0) is 17.6. The van der Waals surface area contributed by atoms with E-state index in [0.29, 0.717) is 17.9 Å². The number of rotatable bonds is 6. The lowest BCUT2D eigenvalue weighted by atomic mass is 10.2. The summed E-state index contributed by atoms with van der Waals surface area (Å²) in [5, 5.41) is 0. The summed E-state index contributed by atoms with van der Waals surface area (Å²) in [5.74, 6) is -0.623. The number of cyclic esters (lactones) is 1. The summed E-state index contributed by atoms with van der Waals surface area (Å²) >= 11 is 0. The van der Waals surface area contributed by atoms with Crippen LogP contribution in [0.3, 0.4) is 0 Å². The van der Waals surface area contributed by atoms with E-state index in [1.165, 1.54) is 0 Å². The highest BCUT2D eigenvalue weighted by Gasteiger charge is 2.29. The van der Waals surface area contributed by atoms with Crippen LogP contribution in [0, 0.1) is 0 Å². The minimum Gasteiger partial charge on any atom is -0.491 e. The van der Waals surface area contributed by atoms with Crippen molar-refractivity contribution in [3.63, 3.8) is 0 Å². The molecule has 134 valence electrons. The number of benzene rings is 1. The summed E-state index contributed by atoms with van der Waals surface area (Å²) in [4.78, 5) is 35.9. The van der Waals surface area contributed by atoms with Crippen LogP contribution in [0.5, 0.6) is 5.75 Å². The lowest BCUT2D eigenvalue weighted by Gasteiger charge is -2.12. The molecule has 2 aliphatic heterocycles. The highest BCUT2D eigenvalue weighted by Crippen LogP contribution is 2.17. The summed E-state index contributed by atoms with van der Waals surface area (Å²) < 4.78 is 20.7. The van der Waals surface area contributed by atoms with Crippen molar-refractivity contribution in [2.75, 3.05) is 33.0 Å². The minimum atomic E-state index is -0.714. The molecule has 2 fully saturated rings. The molecule has 0 aromatic heterocycles. The number of ether oxygens (including phenoxy) is 4. The molecule has 0 radical (unpaired) electrons. The first-order chi connectivity index (χ1) is 12.1. The molecule has 0 N–H and O–H groups in total. The van der Waals surface area contributed by atoms with Gasteiger partial charge in [0.1, 0.15) is 19.0 Å². The molecule has 3 rings (SSSR count). The van der Waals surface area contributed by atoms with Crippen molar-refractivity contribution in [2.45, 2.75) is 18.9 Å². The SMILES string of the molecule is O=C(OCC(=O)N1CCOC1=O)c1ccc(OC[C@H]2CCCO2)cc1. The quantitative estimate of drug-likeness (QED) is 0.717. The molecule has 2 saturated heterocycles. The van der Waals surface area contributed by atoms with Crippen molar-refractivity contribution in [1.82, 2.24) is 4.90 Å². The zero-order valence-corrected chi connectivity index (χ0v) is 13.6. The Bertz CT molecular complexity index is 637. The zero-order valence-electron chi connectivity index (χ0n) is 13.6. The number of hydrogen-bond acceptors (Lipinski definition) is 7. The monoisotopic (exact) mass is 349 g/mol. The molecule has 0 saturated carbocycles. The molecular formula is C17H19NO7. The summed E-state index contributed by atoms with van der Waals surface area (Å²) in [6, 6.07) is 6.43. The summed E-state index contributed by atoms with van der Waals surface area (Å²) in [6.45, 7) is 1.07. The van der Waals surface area contributed by atoms with E-state index in [2.05, 4.69) is 4.74 Å². The van der Waals surface area contributed by atoms with E-state index in [9.17, 15) is 14.4 Å². The van der Waals surface area contributed by atoms with Gasteiger partial charge in [0.05, 0.1) is 18.2 Å². The van der Waals surface area contributed by atoms with E-state index >= 15 is 0 Å². The standard InChI is InChI=1S/C17H19NO7/c19-15(18-7-9-23-17(18)21)11-25-16(20)12-3-5-13(6-4-12)24-10-14-2-1-8-22-14/h3-6,14H,1-2,7-11H2/t14-/m1/s1. The van der Waals surface area contributed by atoms with Crippen molar-refractivity contribution in [3.8, 4) is 5.75 Å². The predicted molar refractivity (Wildman–Crippen MR) is 84.3 cm³/mol. The molecule has 2 amide bonds. The Balaban J connectivity index is 1.45. The molecule has 2 heterocycles. The highest BCUT2D eigenvalue weighted by molar-refractivity contribution is 5.96. The largest absolute Gasteiger partial charge is 0.491 e. The number of imide groups is 1. The topological polar surface area (TPSA) is 91.4 Å². The number of nitrogens with zero attached hydrogens (tertiary/aromatic N) is 1. The van der Waals surface area contributed by atoms with Crippen molar-refractivity contribution in [2.24, 2.45) is 0 Å². The van der Waals surface area contributed by atoms with Crippen LogP contribution < -0.4 is 4.74 Å². The third-order valence-electron chi connectivity index (χ3n) is 3.94. The fourth-order valence-electron chi connectivity index (χ4n) is 2.56. The van der Waals surface area contributed by atoms with Crippen LogP contribution in [0.1, 0.15) is 23.2 Å². The Morgan fingerprint density at radius 1 is 1.20 bits per heavy atom. The maximum absolute atomic E-state index is 12.0. The summed E-state index contributed by atoms with van der Waals surface area (Å²) in [6.07, 6.45) is 1.44. The van der Waals surface area contributed by atoms with E-state index < -0.39 is 24.6 Å². The smallest absolute Gasteiger partial charge is 0.416 e. The molecule has 1 atom stereocenters. The Kier molecular flexibility index (Phi) is 5.49. The van der Waals surface area contributed by atoms with Crippen molar-refractivity contribution in [3.05, 3.63) is 29.8 Å². The van der Waals surface area contributed by atoms with Crippen molar-refractivity contribution < 1.29 is 33.3 Å². The van der Waals surface area contributed by atoms with E-state index in [0.717, 1.165) is 24.3 Å². The Morgan fingerprint density at radius 2 is 2.00 bits per heavy atom. The molecule has 0 bridgehead atoms. The fraction of sp³-hybridized carbons (Fsp3) is 0.471. The van der Waals surface area contributed by atoms with Crippen LogP contribution in [0.15, 0.2) is 24.3 Å². The Labute approximate surface area is 144 Å². The van der Waals surface area contributed by atoms with Gasteiger partial charge in [-0.25, -0.2) is 14.5 Å². The van der Waals surface area contributed by atoms with E-state index in [1.807, 2.05) is 0 Å². The average Bonchev–Trinajstić information content (AvgIpc) is 3.29. The second kappa shape index (κ2) is 7.98. The fourth-order valence-corrected chi connectivity index (χ4v) is 2.56. The van der Waals surface area contributed by atoms with Gasteiger partial charge < -0.3 is 18.9 Å². The average molecular weight is 349 g/mol. The second-order valence-corrected chi connectivity index (χ2v) is 5.71. The Morgan fingerprint density at radius 3 is 2.64 bits per heavy atom. The predicted octanol–water partition coefficient (Wildman–Crippen LogP) is 1.38. The summed E-state index contributed by atoms with van der Waals surface area (Å²) in [7, 11) is 0. The van der Waals surface area contributed by atoms with Gasteiger partial charge in [0.25, 0.3) is 5.91 Å². The van der Waals surface area contributed by atoms with Crippen LogP contribution in [0.4, 0.5) is 4.79 Å². The molecule has 8 nitrogen and oxygen atoms in total. The van der Waals surface area contributed by atoms with Gasteiger partial charge in [0, 0.05) is 6.61 Å². The molecule has 1 aromatic carbocycles. The van der Waals surface area contributed by atoms with Crippen molar-refractivity contribution >= 4 is 18.0 Å². The van der Waals surface area contributed by atoms with Gasteiger partial charge in [-0.3, -0.25) is 4.79 Å². The molecule has 0 unspecified atom stereocenters. The minimum absolute atomic E-state index is 0.118. The number of esters is 1. The first-order valence-electron chi connectivity index (χ1n) is 8.12. The van der Waals surface area contributed by atoms with E-state index in [4.69, 9.17) is 14.2 Å². The van der Waals surface area contributed by atoms with Gasteiger partial charge in [-0.2, -0.15) is 0 Å². The molecule has 0 aliphatic carbocycles. The van der Waals surface area contributed by atoms with Gasteiger partial charge in [-0.15, -0.1) is 0 Å².